The number of aliphatic imine (C=N–C) groups is 1. The minimum absolute atomic E-state index is 0.00612. The maximum absolute atomic E-state index is 12.1. The van der Waals surface area contributed by atoms with Gasteiger partial charge in [0.1, 0.15) is 5.60 Å². The minimum Gasteiger partial charge on any atom is -0.444 e. The highest BCUT2D eigenvalue weighted by Gasteiger charge is 2.28. The first-order valence-corrected chi connectivity index (χ1v) is 11.7. The number of nitrogens with one attached hydrogen (secondary N) is 3. The molecule has 1 unspecified atom stereocenters. The second-order valence-electron chi connectivity index (χ2n) is 8.52. The quantitative estimate of drug-likeness (QED) is 0.419. The number of hydrogen-bond acceptors (Lipinski definition) is 5. The first-order chi connectivity index (χ1) is 13.1. The van der Waals surface area contributed by atoms with Crippen molar-refractivity contribution in [3.8, 4) is 0 Å². The smallest absolute Gasteiger partial charge is 0.407 e. The standard InChI is InChI=1S/C18H35N5O4S/c1-18(2,3)27-17(24)22-15-8-10-23(13-15)16(19-4)20-9-11-28(25,26)21-12-14-6-5-7-14/h14-15,21H,5-13H2,1-4H3,(H,19,20)(H,22,24). The van der Waals surface area contributed by atoms with Gasteiger partial charge in [0.25, 0.3) is 0 Å². The highest BCUT2D eigenvalue weighted by atomic mass is 32.2. The molecule has 9 nitrogen and oxygen atoms in total. The molecule has 1 saturated carbocycles. The summed E-state index contributed by atoms with van der Waals surface area (Å²) in [5.74, 6) is 1.14. The molecule has 2 rings (SSSR count). The van der Waals surface area contributed by atoms with E-state index in [1.165, 1.54) is 6.42 Å². The van der Waals surface area contributed by atoms with Crippen molar-refractivity contribution in [3.63, 3.8) is 0 Å². The molecule has 0 aromatic rings. The number of alkyl carbamates (subject to hydrolysis) is 1. The van der Waals surface area contributed by atoms with Gasteiger partial charge in [0.15, 0.2) is 5.96 Å². The van der Waals surface area contributed by atoms with Crippen molar-refractivity contribution in [3.05, 3.63) is 0 Å². The predicted molar refractivity (Wildman–Crippen MR) is 110 cm³/mol. The highest BCUT2D eigenvalue weighted by Crippen LogP contribution is 2.25. The summed E-state index contributed by atoms with van der Waals surface area (Å²) in [6.45, 7) is 7.64. The van der Waals surface area contributed by atoms with E-state index in [2.05, 4.69) is 20.3 Å². The number of carbonyl (C=O) groups excluding carboxylic acids is 1. The lowest BCUT2D eigenvalue weighted by molar-refractivity contribution is 0.0507. The van der Waals surface area contributed by atoms with E-state index in [1.54, 1.807) is 7.05 Å². The third-order valence-corrected chi connectivity index (χ3v) is 6.24. The Kier molecular flexibility index (Phi) is 7.94. The lowest BCUT2D eigenvalue weighted by atomic mass is 9.86. The van der Waals surface area contributed by atoms with Crippen LogP contribution in [0.25, 0.3) is 0 Å². The van der Waals surface area contributed by atoms with Gasteiger partial charge in [-0.05, 0) is 46.0 Å². The van der Waals surface area contributed by atoms with Crippen LogP contribution in [0.5, 0.6) is 0 Å². The van der Waals surface area contributed by atoms with Gasteiger partial charge in [0.2, 0.25) is 10.0 Å². The summed E-state index contributed by atoms with van der Waals surface area (Å²) < 4.78 is 32.1. The molecular weight excluding hydrogens is 382 g/mol. The molecule has 3 N–H and O–H groups in total. The highest BCUT2D eigenvalue weighted by molar-refractivity contribution is 7.89. The molecular formula is C18H35N5O4S. The molecule has 0 spiro atoms. The van der Waals surface area contributed by atoms with Gasteiger partial charge in [0.05, 0.1) is 11.8 Å². The van der Waals surface area contributed by atoms with Crippen molar-refractivity contribution >= 4 is 22.1 Å². The van der Waals surface area contributed by atoms with Gasteiger partial charge < -0.3 is 20.3 Å². The molecule has 28 heavy (non-hydrogen) atoms. The van der Waals surface area contributed by atoms with E-state index in [1.807, 2.05) is 25.7 Å². The number of sulfonamides is 1. The van der Waals surface area contributed by atoms with Crippen LogP contribution < -0.4 is 15.4 Å². The zero-order valence-electron chi connectivity index (χ0n) is 17.5. The molecule has 1 saturated heterocycles. The molecule has 162 valence electrons. The molecule has 0 bridgehead atoms. The summed E-state index contributed by atoms with van der Waals surface area (Å²) >= 11 is 0. The molecule has 2 aliphatic rings. The Morgan fingerprint density at radius 2 is 1.96 bits per heavy atom. The summed E-state index contributed by atoms with van der Waals surface area (Å²) in [4.78, 5) is 18.1. The molecule has 0 aromatic carbocycles. The summed E-state index contributed by atoms with van der Waals surface area (Å²) in [6.07, 6.45) is 3.78. The van der Waals surface area contributed by atoms with Gasteiger partial charge in [-0.15, -0.1) is 0 Å². The third-order valence-electron chi connectivity index (χ3n) is 4.89. The number of ether oxygens (including phenoxy) is 1. The molecule has 10 heteroatoms. The van der Waals surface area contributed by atoms with Gasteiger partial charge in [-0.2, -0.15) is 0 Å². The minimum atomic E-state index is -3.28. The Labute approximate surface area is 168 Å². The van der Waals surface area contributed by atoms with E-state index in [-0.39, 0.29) is 18.3 Å². The Balaban J connectivity index is 1.71. The van der Waals surface area contributed by atoms with E-state index in [4.69, 9.17) is 4.74 Å². The number of likely N-dealkylation sites (tertiary alicyclic amines) is 1. The number of amides is 1. The normalized spacial score (nSPS) is 21.4. The van der Waals surface area contributed by atoms with E-state index in [0.717, 1.165) is 25.8 Å². The second kappa shape index (κ2) is 9.78. The second-order valence-corrected chi connectivity index (χ2v) is 10.4. The van der Waals surface area contributed by atoms with Gasteiger partial charge >= 0.3 is 6.09 Å². The summed E-state index contributed by atoms with van der Waals surface area (Å²) in [7, 11) is -1.62. The maximum Gasteiger partial charge on any atom is 0.407 e. The largest absolute Gasteiger partial charge is 0.444 e. The molecule has 1 aliphatic heterocycles. The zero-order chi connectivity index (χ0) is 20.8. The van der Waals surface area contributed by atoms with Gasteiger partial charge in [-0.1, -0.05) is 6.42 Å². The fraction of sp³-hybridized carbons (Fsp3) is 0.889. The lowest BCUT2D eigenvalue weighted by Crippen LogP contribution is -2.45. The van der Waals surface area contributed by atoms with E-state index >= 15 is 0 Å². The number of carbonyl (C=O) groups is 1. The lowest BCUT2D eigenvalue weighted by Gasteiger charge is -2.25. The van der Waals surface area contributed by atoms with Crippen molar-refractivity contribution in [2.75, 3.05) is 39.0 Å². The fourth-order valence-corrected chi connectivity index (χ4v) is 4.19. The van der Waals surface area contributed by atoms with Crippen LogP contribution in [-0.4, -0.2) is 76.0 Å². The first-order valence-electron chi connectivity index (χ1n) is 10.0. The predicted octanol–water partition coefficient (Wildman–Crippen LogP) is 0.880. The molecule has 1 amide bonds. The number of rotatable bonds is 7. The van der Waals surface area contributed by atoms with Gasteiger partial charge in [-0.3, -0.25) is 4.99 Å². The van der Waals surface area contributed by atoms with Crippen LogP contribution in [0.4, 0.5) is 4.79 Å². The number of hydrogen-bond donors (Lipinski definition) is 3. The van der Waals surface area contributed by atoms with Crippen LogP contribution in [0.2, 0.25) is 0 Å². The van der Waals surface area contributed by atoms with Crippen molar-refractivity contribution < 1.29 is 17.9 Å². The Morgan fingerprint density at radius 1 is 1.25 bits per heavy atom. The maximum atomic E-state index is 12.1. The number of guanidine groups is 1. The van der Waals surface area contributed by atoms with Gasteiger partial charge in [0, 0.05) is 33.2 Å². The van der Waals surface area contributed by atoms with Crippen LogP contribution in [0, 0.1) is 5.92 Å². The summed E-state index contributed by atoms with van der Waals surface area (Å²) in [5.41, 5.74) is -0.530. The average Bonchev–Trinajstić information content (AvgIpc) is 2.96. The molecule has 0 aromatic heterocycles. The topological polar surface area (TPSA) is 112 Å². The molecule has 1 aliphatic carbocycles. The van der Waals surface area contributed by atoms with Crippen LogP contribution in [0.3, 0.4) is 0 Å². The molecule has 2 fully saturated rings. The van der Waals surface area contributed by atoms with Crippen molar-refractivity contribution in [2.45, 2.75) is 58.1 Å². The number of nitrogens with zero attached hydrogens (tertiary/aromatic N) is 2. The van der Waals surface area contributed by atoms with Crippen LogP contribution in [-0.2, 0) is 14.8 Å². The van der Waals surface area contributed by atoms with Crippen LogP contribution in [0.1, 0.15) is 46.5 Å². The first kappa shape index (κ1) is 22.7. The van der Waals surface area contributed by atoms with Crippen molar-refractivity contribution in [1.82, 2.24) is 20.3 Å². The Hall–Kier alpha value is -1.55. The molecule has 0 radical (unpaired) electrons. The zero-order valence-corrected chi connectivity index (χ0v) is 18.3. The Morgan fingerprint density at radius 3 is 2.54 bits per heavy atom. The summed E-state index contributed by atoms with van der Waals surface area (Å²) in [5, 5.41) is 5.98. The van der Waals surface area contributed by atoms with Crippen molar-refractivity contribution in [2.24, 2.45) is 10.9 Å². The van der Waals surface area contributed by atoms with E-state index in [9.17, 15) is 13.2 Å². The monoisotopic (exact) mass is 417 g/mol. The van der Waals surface area contributed by atoms with E-state index < -0.39 is 21.7 Å². The van der Waals surface area contributed by atoms with Crippen LogP contribution >= 0.6 is 0 Å². The van der Waals surface area contributed by atoms with Crippen LogP contribution in [0.15, 0.2) is 4.99 Å². The molecule has 1 heterocycles. The SMILES string of the molecule is CN=C(NCCS(=O)(=O)NCC1CCC1)N1CCC(NC(=O)OC(C)(C)C)C1. The average molecular weight is 418 g/mol. The Bertz CT molecular complexity index is 655. The molecule has 1 atom stereocenters. The fourth-order valence-electron chi connectivity index (χ4n) is 3.19. The van der Waals surface area contributed by atoms with E-state index in [0.29, 0.717) is 25.0 Å². The summed E-state index contributed by atoms with van der Waals surface area (Å²) in [6, 6.07) is -0.0266. The van der Waals surface area contributed by atoms with Crippen molar-refractivity contribution in [1.29, 1.82) is 0 Å². The van der Waals surface area contributed by atoms with Gasteiger partial charge in [-0.25, -0.2) is 17.9 Å². The third kappa shape index (κ3) is 7.83.